The van der Waals surface area contributed by atoms with Crippen molar-refractivity contribution in [2.24, 2.45) is 10.8 Å². The number of carbonyl (C=O) groups excluding carboxylic acids is 1. The molecule has 0 unspecified atom stereocenters. The molecule has 1 aromatic heterocycles. The number of aromatic nitrogens is 2. The highest BCUT2D eigenvalue weighted by Crippen LogP contribution is 2.25. The first-order valence-electron chi connectivity index (χ1n) is 14.0. The van der Waals surface area contributed by atoms with E-state index in [4.69, 9.17) is 16.3 Å². The number of hydrogen-bond acceptors (Lipinski definition) is 7. The van der Waals surface area contributed by atoms with Gasteiger partial charge in [-0.1, -0.05) is 58.4 Å². The summed E-state index contributed by atoms with van der Waals surface area (Å²) in [6, 6.07) is 13.4. The normalized spacial score (nSPS) is 12.1. The number of benzene rings is 2. The number of nitrogens with zero attached hydrogens (tertiary/aromatic N) is 3. The SMILES string of the molecule is CCC(C)(C)COCC(C)(C)CN(C)CC=CC(=O)Nc1cccc(Nc2cc(Nc3ccc(F)c(Cl)c3)ncn2)c1. The minimum absolute atomic E-state index is 0.00269. The van der Waals surface area contributed by atoms with Crippen LogP contribution in [-0.4, -0.2) is 54.1 Å². The maximum Gasteiger partial charge on any atom is 0.248 e. The lowest BCUT2D eigenvalue weighted by Crippen LogP contribution is -2.36. The molecular formula is C32H42ClFN6O2. The topological polar surface area (TPSA) is 91.4 Å². The molecule has 0 aliphatic carbocycles. The summed E-state index contributed by atoms with van der Waals surface area (Å²) < 4.78 is 19.5. The van der Waals surface area contributed by atoms with E-state index in [9.17, 15) is 9.18 Å². The predicted molar refractivity (Wildman–Crippen MR) is 170 cm³/mol. The van der Waals surface area contributed by atoms with Crippen LogP contribution in [0, 0.1) is 16.6 Å². The maximum absolute atomic E-state index is 13.4. The van der Waals surface area contributed by atoms with Crippen LogP contribution in [0.5, 0.6) is 0 Å². The number of likely N-dealkylation sites (N-methyl/N-ethyl adjacent to an activating group) is 1. The molecule has 10 heteroatoms. The Kier molecular flexibility index (Phi) is 11.8. The number of nitrogens with one attached hydrogen (secondary N) is 3. The lowest BCUT2D eigenvalue weighted by molar-refractivity contribution is -0.111. The lowest BCUT2D eigenvalue weighted by atomic mass is 9.91. The highest BCUT2D eigenvalue weighted by atomic mass is 35.5. The molecule has 0 fully saturated rings. The zero-order valence-electron chi connectivity index (χ0n) is 25.3. The average molecular weight is 597 g/mol. The van der Waals surface area contributed by atoms with Gasteiger partial charge < -0.3 is 25.6 Å². The largest absolute Gasteiger partial charge is 0.380 e. The Morgan fingerprint density at radius 2 is 1.62 bits per heavy atom. The molecule has 2 aromatic carbocycles. The van der Waals surface area contributed by atoms with E-state index in [2.05, 4.69) is 65.4 Å². The average Bonchev–Trinajstić information content (AvgIpc) is 2.90. The number of anilines is 5. The molecule has 8 nitrogen and oxygen atoms in total. The zero-order chi connectivity index (χ0) is 30.8. The van der Waals surface area contributed by atoms with Crippen LogP contribution in [0.2, 0.25) is 5.02 Å². The molecule has 3 rings (SSSR count). The van der Waals surface area contributed by atoms with Gasteiger partial charge in [-0.2, -0.15) is 0 Å². The third kappa shape index (κ3) is 11.4. The number of hydrogen-bond donors (Lipinski definition) is 3. The second-order valence-electron chi connectivity index (χ2n) is 12.0. The number of carbonyl (C=O) groups is 1. The molecule has 226 valence electrons. The minimum atomic E-state index is -0.491. The van der Waals surface area contributed by atoms with E-state index in [-0.39, 0.29) is 21.8 Å². The van der Waals surface area contributed by atoms with E-state index in [1.807, 2.05) is 37.4 Å². The summed E-state index contributed by atoms with van der Waals surface area (Å²) in [5.74, 6) is 0.339. The zero-order valence-corrected chi connectivity index (χ0v) is 26.1. The molecule has 1 heterocycles. The van der Waals surface area contributed by atoms with Gasteiger partial charge in [-0.25, -0.2) is 14.4 Å². The van der Waals surface area contributed by atoms with Gasteiger partial charge in [0, 0.05) is 47.7 Å². The van der Waals surface area contributed by atoms with Crippen molar-refractivity contribution < 1.29 is 13.9 Å². The number of ether oxygens (including phenoxy) is 1. The van der Waals surface area contributed by atoms with Crippen molar-refractivity contribution >= 4 is 46.2 Å². The number of amides is 1. The molecule has 3 N–H and O–H groups in total. The third-order valence-corrected chi connectivity index (χ3v) is 6.88. The van der Waals surface area contributed by atoms with E-state index in [1.54, 1.807) is 18.2 Å². The summed E-state index contributed by atoms with van der Waals surface area (Å²) in [4.78, 5) is 23.2. The number of rotatable bonds is 15. The Morgan fingerprint density at radius 1 is 0.976 bits per heavy atom. The van der Waals surface area contributed by atoms with Gasteiger partial charge in [0.15, 0.2) is 0 Å². The van der Waals surface area contributed by atoms with Gasteiger partial charge >= 0.3 is 0 Å². The van der Waals surface area contributed by atoms with Crippen molar-refractivity contribution in [1.82, 2.24) is 14.9 Å². The number of halogens is 2. The Bertz CT molecular complexity index is 1360. The van der Waals surface area contributed by atoms with Crippen molar-refractivity contribution in [3.63, 3.8) is 0 Å². The summed E-state index contributed by atoms with van der Waals surface area (Å²) in [5, 5.41) is 9.20. The van der Waals surface area contributed by atoms with Gasteiger partial charge in [-0.05, 0) is 55.3 Å². The minimum Gasteiger partial charge on any atom is -0.380 e. The predicted octanol–water partition coefficient (Wildman–Crippen LogP) is 7.66. The van der Waals surface area contributed by atoms with Crippen molar-refractivity contribution in [1.29, 1.82) is 0 Å². The summed E-state index contributed by atoms with van der Waals surface area (Å²) in [5.41, 5.74) is 2.16. The van der Waals surface area contributed by atoms with E-state index in [1.165, 1.54) is 18.5 Å². The second-order valence-corrected chi connectivity index (χ2v) is 12.4. The Morgan fingerprint density at radius 3 is 2.29 bits per heavy atom. The van der Waals surface area contributed by atoms with Crippen molar-refractivity contribution in [3.8, 4) is 0 Å². The quantitative estimate of drug-likeness (QED) is 0.155. The molecule has 0 saturated heterocycles. The van der Waals surface area contributed by atoms with Gasteiger partial charge in [-0.3, -0.25) is 4.79 Å². The molecule has 0 atom stereocenters. The van der Waals surface area contributed by atoms with Crippen molar-refractivity contribution in [2.45, 2.75) is 41.0 Å². The molecule has 0 saturated carbocycles. The standard InChI is InChI=1S/C32H42ClFN6O2/c1-7-31(2,3)20-42-21-32(4,5)19-40(6)15-9-12-30(41)39-24-11-8-10-23(16-24)37-28-18-29(36-22-35-28)38-25-13-14-27(34)26(33)17-25/h8-14,16-18,22H,7,15,19-21H2,1-6H3,(H,39,41)(H2,35,36,37,38). The molecular weight excluding hydrogens is 555 g/mol. The van der Waals surface area contributed by atoms with Gasteiger partial charge in [0.05, 0.1) is 18.2 Å². The summed E-state index contributed by atoms with van der Waals surface area (Å²) >= 11 is 5.86. The van der Waals surface area contributed by atoms with Crippen LogP contribution in [0.15, 0.2) is 67.0 Å². The fraction of sp³-hybridized carbons (Fsp3) is 0.406. The summed E-state index contributed by atoms with van der Waals surface area (Å²) in [6.45, 7) is 13.9. The fourth-order valence-corrected chi connectivity index (χ4v) is 4.29. The lowest BCUT2D eigenvalue weighted by Gasteiger charge is -2.31. The van der Waals surface area contributed by atoms with E-state index < -0.39 is 5.82 Å². The highest BCUT2D eigenvalue weighted by Gasteiger charge is 2.22. The first kappa shape index (κ1) is 33.0. The van der Waals surface area contributed by atoms with Crippen LogP contribution in [0.4, 0.5) is 33.1 Å². The van der Waals surface area contributed by atoms with Crippen LogP contribution in [0.3, 0.4) is 0 Å². The molecule has 0 spiro atoms. The summed E-state index contributed by atoms with van der Waals surface area (Å²) in [6.07, 6.45) is 5.90. The molecule has 0 aliphatic rings. The van der Waals surface area contributed by atoms with E-state index in [0.29, 0.717) is 36.2 Å². The monoisotopic (exact) mass is 596 g/mol. The van der Waals surface area contributed by atoms with Crippen LogP contribution in [0.25, 0.3) is 0 Å². The Balaban J connectivity index is 1.48. The Hall–Kier alpha value is -3.53. The molecule has 3 aromatic rings. The van der Waals surface area contributed by atoms with Gasteiger partial charge in [0.25, 0.3) is 0 Å². The first-order valence-corrected chi connectivity index (χ1v) is 14.4. The van der Waals surface area contributed by atoms with E-state index in [0.717, 1.165) is 25.3 Å². The van der Waals surface area contributed by atoms with Crippen LogP contribution >= 0.6 is 11.6 Å². The molecule has 1 amide bonds. The fourth-order valence-electron chi connectivity index (χ4n) is 4.11. The smallest absolute Gasteiger partial charge is 0.248 e. The van der Waals surface area contributed by atoms with Gasteiger partial charge in [0.1, 0.15) is 23.8 Å². The van der Waals surface area contributed by atoms with Crippen LogP contribution < -0.4 is 16.0 Å². The maximum atomic E-state index is 13.4. The third-order valence-electron chi connectivity index (χ3n) is 6.59. The second kappa shape index (κ2) is 15.1. The highest BCUT2D eigenvalue weighted by molar-refractivity contribution is 6.31. The molecule has 42 heavy (non-hydrogen) atoms. The van der Waals surface area contributed by atoms with Crippen molar-refractivity contribution in [3.05, 3.63) is 77.9 Å². The van der Waals surface area contributed by atoms with E-state index >= 15 is 0 Å². The summed E-state index contributed by atoms with van der Waals surface area (Å²) in [7, 11) is 2.04. The Labute approximate surface area is 253 Å². The van der Waals surface area contributed by atoms with Gasteiger partial charge in [-0.15, -0.1) is 0 Å². The van der Waals surface area contributed by atoms with Crippen LogP contribution in [-0.2, 0) is 9.53 Å². The van der Waals surface area contributed by atoms with Crippen LogP contribution in [0.1, 0.15) is 41.0 Å². The first-order chi connectivity index (χ1) is 19.8. The molecule has 0 radical (unpaired) electrons. The molecule has 0 aliphatic heterocycles. The van der Waals surface area contributed by atoms with Gasteiger partial charge in [0.2, 0.25) is 5.91 Å². The van der Waals surface area contributed by atoms with Crippen molar-refractivity contribution in [2.75, 3.05) is 49.3 Å². The molecule has 0 bridgehead atoms.